The molecule has 0 amide bonds. The molecular formula is C23H25N2P. The average Bonchev–Trinajstić information content (AvgIpc) is 2.70. The number of hydrogen-bond acceptors (Lipinski definition) is 2. The second kappa shape index (κ2) is 9.40. The first-order chi connectivity index (χ1) is 12.7. The highest BCUT2D eigenvalue weighted by molar-refractivity contribution is 7.73. The molecule has 0 N–H and O–H groups in total. The molecule has 1 atom stereocenters. The molecule has 3 heteroatoms. The fraction of sp³-hybridized carbons (Fsp3) is 0.217. The fourth-order valence-electron chi connectivity index (χ4n) is 2.82. The normalized spacial score (nSPS) is 12.8. The third kappa shape index (κ3) is 5.09. The number of aromatic nitrogens is 1. The Kier molecular flexibility index (Phi) is 6.68. The number of aliphatic imine (C=N–C) groups is 1. The molecule has 132 valence electrons. The maximum atomic E-state index is 4.91. The van der Waals surface area contributed by atoms with Crippen LogP contribution in [0.15, 0.2) is 90.1 Å². The topological polar surface area (TPSA) is 25.2 Å². The van der Waals surface area contributed by atoms with Crippen molar-refractivity contribution in [3.63, 3.8) is 0 Å². The van der Waals surface area contributed by atoms with E-state index >= 15 is 0 Å². The molecule has 0 unspecified atom stereocenters. The van der Waals surface area contributed by atoms with Crippen molar-refractivity contribution in [3.8, 4) is 0 Å². The molecule has 26 heavy (non-hydrogen) atoms. The van der Waals surface area contributed by atoms with Gasteiger partial charge in [-0.3, -0.25) is 9.98 Å². The molecule has 1 aromatic heterocycles. The molecule has 0 fully saturated rings. The van der Waals surface area contributed by atoms with Gasteiger partial charge >= 0.3 is 0 Å². The van der Waals surface area contributed by atoms with E-state index in [1.54, 1.807) is 0 Å². The maximum Gasteiger partial charge on any atom is 0.0807 e. The number of pyridine rings is 1. The number of nitrogens with zero attached hydrogens (tertiary/aromatic N) is 2. The summed E-state index contributed by atoms with van der Waals surface area (Å²) in [7, 11) is -0.437. The third-order valence-corrected chi connectivity index (χ3v) is 6.94. The molecule has 0 radical (unpaired) electrons. The molecule has 0 saturated heterocycles. The maximum absolute atomic E-state index is 4.91. The Morgan fingerprint density at radius 3 is 1.92 bits per heavy atom. The SMILES string of the molecule is CC(C)[C@@H](CP(c1ccccc1)c1ccccc1)N=Cc1ccccn1. The highest BCUT2D eigenvalue weighted by atomic mass is 31.1. The Balaban J connectivity index is 1.87. The van der Waals surface area contributed by atoms with Crippen LogP contribution in [-0.4, -0.2) is 23.4 Å². The van der Waals surface area contributed by atoms with Gasteiger partial charge in [-0.05, 0) is 42.7 Å². The van der Waals surface area contributed by atoms with Gasteiger partial charge in [-0.1, -0.05) is 80.6 Å². The summed E-state index contributed by atoms with van der Waals surface area (Å²) in [6.07, 6.45) is 4.78. The van der Waals surface area contributed by atoms with Crippen molar-refractivity contribution in [1.29, 1.82) is 0 Å². The Bertz CT molecular complexity index is 762. The largest absolute Gasteiger partial charge is 0.287 e. The van der Waals surface area contributed by atoms with Crippen LogP contribution in [0.4, 0.5) is 0 Å². The van der Waals surface area contributed by atoms with Crippen molar-refractivity contribution in [2.75, 3.05) is 6.16 Å². The zero-order valence-corrected chi connectivity index (χ0v) is 16.3. The van der Waals surface area contributed by atoms with E-state index in [4.69, 9.17) is 4.99 Å². The summed E-state index contributed by atoms with van der Waals surface area (Å²) >= 11 is 0. The van der Waals surface area contributed by atoms with E-state index in [-0.39, 0.29) is 6.04 Å². The standard InChI is InChI=1S/C23H25N2P/c1-19(2)23(25-17-20-11-9-10-16-24-20)18-26(21-12-5-3-6-13-21)22-14-7-4-8-15-22/h3-17,19,23H,18H2,1-2H3/t23-/m1/s1. The van der Waals surface area contributed by atoms with Crippen molar-refractivity contribution in [2.24, 2.45) is 10.9 Å². The lowest BCUT2D eigenvalue weighted by Gasteiger charge is -2.25. The van der Waals surface area contributed by atoms with Crippen LogP contribution in [0.3, 0.4) is 0 Å². The highest BCUT2D eigenvalue weighted by Crippen LogP contribution is 2.36. The van der Waals surface area contributed by atoms with Crippen molar-refractivity contribution < 1.29 is 0 Å². The molecule has 0 aliphatic carbocycles. The molecule has 2 nitrogen and oxygen atoms in total. The minimum Gasteiger partial charge on any atom is -0.287 e. The van der Waals surface area contributed by atoms with Gasteiger partial charge in [0.05, 0.1) is 11.7 Å². The second-order valence-corrected chi connectivity index (χ2v) is 8.88. The van der Waals surface area contributed by atoms with Gasteiger partial charge in [0.1, 0.15) is 0 Å². The number of benzene rings is 2. The smallest absolute Gasteiger partial charge is 0.0807 e. The molecule has 0 spiro atoms. The van der Waals surface area contributed by atoms with E-state index < -0.39 is 7.92 Å². The first-order valence-electron chi connectivity index (χ1n) is 9.06. The van der Waals surface area contributed by atoms with Crippen LogP contribution in [-0.2, 0) is 0 Å². The summed E-state index contributed by atoms with van der Waals surface area (Å²) in [5, 5.41) is 2.82. The zero-order valence-electron chi connectivity index (χ0n) is 15.4. The van der Waals surface area contributed by atoms with Gasteiger partial charge in [0.2, 0.25) is 0 Å². The van der Waals surface area contributed by atoms with Crippen LogP contribution >= 0.6 is 7.92 Å². The van der Waals surface area contributed by atoms with Gasteiger partial charge in [-0.15, -0.1) is 0 Å². The van der Waals surface area contributed by atoms with Crippen LogP contribution in [0.5, 0.6) is 0 Å². The quantitative estimate of drug-likeness (QED) is 0.444. The minimum absolute atomic E-state index is 0.267. The molecule has 3 aromatic rings. The minimum atomic E-state index is -0.437. The molecule has 3 rings (SSSR count). The molecule has 0 aliphatic rings. The van der Waals surface area contributed by atoms with E-state index in [2.05, 4.69) is 79.5 Å². The molecule has 0 bridgehead atoms. The van der Waals surface area contributed by atoms with E-state index in [1.165, 1.54) is 10.6 Å². The summed E-state index contributed by atoms with van der Waals surface area (Å²) in [4.78, 5) is 9.27. The van der Waals surface area contributed by atoms with Crippen LogP contribution in [0, 0.1) is 5.92 Å². The monoisotopic (exact) mass is 360 g/mol. The van der Waals surface area contributed by atoms with Crippen molar-refractivity contribution in [3.05, 3.63) is 90.8 Å². The first kappa shape index (κ1) is 18.5. The summed E-state index contributed by atoms with van der Waals surface area (Å²) in [5.41, 5.74) is 0.918. The van der Waals surface area contributed by atoms with Gasteiger partial charge in [0, 0.05) is 12.4 Å². The second-order valence-electron chi connectivity index (χ2n) is 6.63. The van der Waals surface area contributed by atoms with Crippen molar-refractivity contribution in [1.82, 2.24) is 4.98 Å². The van der Waals surface area contributed by atoms with E-state index in [0.717, 1.165) is 11.9 Å². The zero-order chi connectivity index (χ0) is 18.2. The predicted molar refractivity (Wildman–Crippen MR) is 114 cm³/mol. The summed E-state index contributed by atoms with van der Waals surface area (Å²) in [5.74, 6) is 0.479. The lowest BCUT2D eigenvalue weighted by molar-refractivity contribution is 0.538. The summed E-state index contributed by atoms with van der Waals surface area (Å²) in [6.45, 7) is 4.51. The third-order valence-electron chi connectivity index (χ3n) is 4.36. The molecule has 0 aliphatic heterocycles. The van der Waals surface area contributed by atoms with Crippen molar-refractivity contribution in [2.45, 2.75) is 19.9 Å². The van der Waals surface area contributed by atoms with Gasteiger partial charge in [-0.25, -0.2) is 0 Å². The van der Waals surface area contributed by atoms with Crippen LogP contribution in [0.25, 0.3) is 0 Å². The highest BCUT2D eigenvalue weighted by Gasteiger charge is 2.21. The molecule has 2 aromatic carbocycles. The lowest BCUT2D eigenvalue weighted by atomic mass is 10.1. The Hall–Kier alpha value is -2.31. The Morgan fingerprint density at radius 1 is 0.846 bits per heavy atom. The molecule has 1 heterocycles. The van der Waals surface area contributed by atoms with E-state index in [0.29, 0.717) is 5.92 Å². The van der Waals surface area contributed by atoms with Gasteiger partial charge in [-0.2, -0.15) is 0 Å². The number of rotatable bonds is 7. The van der Waals surface area contributed by atoms with Crippen molar-refractivity contribution >= 4 is 24.7 Å². The average molecular weight is 360 g/mol. The first-order valence-corrected chi connectivity index (χ1v) is 10.6. The predicted octanol–water partition coefficient (Wildman–Crippen LogP) is 4.66. The Morgan fingerprint density at radius 2 is 1.42 bits per heavy atom. The van der Waals surface area contributed by atoms with E-state index in [9.17, 15) is 0 Å². The summed E-state index contributed by atoms with van der Waals surface area (Å²) < 4.78 is 0. The molecule has 0 saturated carbocycles. The van der Waals surface area contributed by atoms with Crippen LogP contribution in [0.2, 0.25) is 0 Å². The molecular weight excluding hydrogens is 335 g/mol. The summed E-state index contributed by atoms with van der Waals surface area (Å²) in [6, 6.07) is 27.9. The van der Waals surface area contributed by atoms with Gasteiger partial charge in [0.15, 0.2) is 0 Å². The fourth-order valence-corrected chi connectivity index (χ4v) is 5.49. The van der Waals surface area contributed by atoms with Crippen LogP contribution in [0.1, 0.15) is 19.5 Å². The van der Waals surface area contributed by atoms with Crippen LogP contribution < -0.4 is 10.6 Å². The number of hydrogen-bond donors (Lipinski definition) is 0. The van der Waals surface area contributed by atoms with E-state index in [1.807, 2.05) is 30.6 Å². The lowest BCUT2D eigenvalue weighted by Crippen LogP contribution is -2.24. The Labute approximate surface area is 157 Å². The van der Waals surface area contributed by atoms with Gasteiger partial charge < -0.3 is 0 Å². The van der Waals surface area contributed by atoms with Gasteiger partial charge in [0.25, 0.3) is 0 Å².